The standard InChI is InChI=1S/C11H13N5O/c1-16-6-7(5-14-16)15-9-4-2-3-8(10(9)12)11(13)17/h2-6,15H,12H2,1H3,(H2,13,17). The number of aromatic nitrogens is 2. The number of carbonyl (C=O) groups is 1. The highest BCUT2D eigenvalue weighted by Crippen LogP contribution is 2.25. The SMILES string of the molecule is Cn1cc(Nc2cccc(C(N)=O)c2N)cn1. The summed E-state index contributed by atoms with van der Waals surface area (Å²) in [5.41, 5.74) is 13.1. The summed E-state index contributed by atoms with van der Waals surface area (Å²) in [5.74, 6) is -0.544. The van der Waals surface area contributed by atoms with Crippen molar-refractivity contribution in [2.24, 2.45) is 12.8 Å². The second-order valence-electron chi connectivity index (χ2n) is 3.66. The van der Waals surface area contributed by atoms with Crippen LogP contribution in [0.2, 0.25) is 0 Å². The van der Waals surface area contributed by atoms with Crippen LogP contribution in [0.3, 0.4) is 0 Å². The zero-order valence-electron chi connectivity index (χ0n) is 9.34. The molecule has 0 aliphatic carbocycles. The minimum Gasteiger partial charge on any atom is -0.396 e. The van der Waals surface area contributed by atoms with E-state index in [4.69, 9.17) is 11.5 Å². The number of hydrogen-bond donors (Lipinski definition) is 3. The van der Waals surface area contributed by atoms with Gasteiger partial charge in [-0.3, -0.25) is 9.48 Å². The maximum absolute atomic E-state index is 11.1. The molecule has 0 fully saturated rings. The van der Waals surface area contributed by atoms with Crippen molar-refractivity contribution in [1.82, 2.24) is 9.78 Å². The molecule has 2 aromatic rings. The predicted molar refractivity (Wildman–Crippen MR) is 65.9 cm³/mol. The number of nitrogens with two attached hydrogens (primary N) is 2. The maximum atomic E-state index is 11.1. The molecule has 5 N–H and O–H groups in total. The summed E-state index contributed by atoms with van der Waals surface area (Å²) in [6.45, 7) is 0. The van der Waals surface area contributed by atoms with Gasteiger partial charge < -0.3 is 16.8 Å². The molecule has 1 amide bonds. The first-order valence-corrected chi connectivity index (χ1v) is 5.02. The smallest absolute Gasteiger partial charge is 0.250 e. The van der Waals surface area contributed by atoms with Crippen LogP contribution in [0.4, 0.5) is 17.1 Å². The summed E-state index contributed by atoms with van der Waals surface area (Å²) in [5, 5.41) is 7.09. The number of anilines is 3. The van der Waals surface area contributed by atoms with Crippen molar-refractivity contribution in [3.05, 3.63) is 36.2 Å². The van der Waals surface area contributed by atoms with Crippen LogP contribution in [0.1, 0.15) is 10.4 Å². The van der Waals surface area contributed by atoms with E-state index < -0.39 is 5.91 Å². The van der Waals surface area contributed by atoms with E-state index in [0.717, 1.165) is 5.69 Å². The lowest BCUT2D eigenvalue weighted by molar-refractivity contribution is 0.100. The number of benzene rings is 1. The normalized spacial score (nSPS) is 10.2. The fraction of sp³-hybridized carbons (Fsp3) is 0.0909. The van der Waals surface area contributed by atoms with E-state index in [9.17, 15) is 4.79 Å². The van der Waals surface area contributed by atoms with Crippen LogP contribution >= 0.6 is 0 Å². The monoisotopic (exact) mass is 231 g/mol. The third-order valence-electron chi connectivity index (χ3n) is 2.36. The number of para-hydroxylation sites is 1. The fourth-order valence-electron chi connectivity index (χ4n) is 1.53. The zero-order chi connectivity index (χ0) is 12.4. The molecule has 0 saturated carbocycles. The van der Waals surface area contributed by atoms with Gasteiger partial charge in [0.2, 0.25) is 0 Å². The number of hydrogen-bond acceptors (Lipinski definition) is 4. The summed E-state index contributed by atoms with van der Waals surface area (Å²) in [4.78, 5) is 11.1. The van der Waals surface area contributed by atoms with Crippen LogP contribution in [0.5, 0.6) is 0 Å². The zero-order valence-corrected chi connectivity index (χ0v) is 9.34. The molecular weight excluding hydrogens is 218 g/mol. The number of nitrogens with zero attached hydrogens (tertiary/aromatic N) is 2. The van der Waals surface area contributed by atoms with Crippen molar-refractivity contribution in [1.29, 1.82) is 0 Å². The minimum atomic E-state index is -0.544. The average molecular weight is 231 g/mol. The first kappa shape index (κ1) is 11.0. The van der Waals surface area contributed by atoms with E-state index in [1.165, 1.54) is 0 Å². The highest BCUT2D eigenvalue weighted by atomic mass is 16.1. The number of aryl methyl sites for hydroxylation is 1. The summed E-state index contributed by atoms with van der Waals surface area (Å²) in [7, 11) is 1.81. The van der Waals surface area contributed by atoms with Gasteiger partial charge in [-0.15, -0.1) is 0 Å². The molecule has 88 valence electrons. The molecule has 0 saturated heterocycles. The predicted octanol–water partition coefficient (Wildman–Crippen LogP) is 0.845. The molecule has 17 heavy (non-hydrogen) atoms. The molecular formula is C11H13N5O. The van der Waals surface area contributed by atoms with Crippen LogP contribution in [-0.4, -0.2) is 15.7 Å². The van der Waals surface area contributed by atoms with Gasteiger partial charge in [-0.25, -0.2) is 0 Å². The topological polar surface area (TPSA) is 99.0 Å². The Morgan fingerprint density at radius 3 is 2.82 bits per heavy atom. The van der Waals surface area contributed by atoms with Crippen molar-refractivity contribution >= 4 is 23.0 Å². The van der Waals surface area contributed by atoms with Gasteiger partial charge in [0.05, 0.1) is 28.8 Å². The van der Waals surface area contributed by atoms with Gasteiger partial charge in [0.1, 0.15) is 0 Å². The summed E-state index contributed by atoms with van der Waals surface area (Å²) in [6, 6.07) is 5.08. The second kappa shape index (κ2) is 4.17. The highest BCUT2D eigenvalue weighted by molar-refractivity contribution is 6.01. The van der Waals surface area contributed by atoms with Crippen LogP contribution < -0.4 is 16.8 Å². The molecule has 0 radical (unpaired) electrons. The third kappa shape index (κ3) is 2.20. The highest BCUT2D eigenvalue weighted by Gasteiger charge is 2.09. The van der Waals surface area contributed by atoms with Gasteiger partial charge in [0, 0.05) is 13.2 Å². The number of nitrogen functional groups attached to an aromatic ring is 1. The molecule has 6 nitrogen and oxygen atoms in total. The van der Waals surface area contributed by atoms with Crippen molar-refractivity contribution in [3.8, 4) is 0 Å². The molecule has 0 bridgehead atoms. The molecule has 1 aromatic heterocycles. The Labute approximate surface area is 98.2 Å². The van der Waals surface area contributed by atoms with Gasteiger partial charge >= 0.3 is 0 Å². The van der Waals surface area contributed by atoms with E-state index >= 15 is 0 Å². The lowest BCUT2D eigenvalue weighted by Gasteiger charge is -2.09. The number of amides is 1. The molecule has 0 spiro atoms. The third-order valence-corrected chi connectivity index (χ3v) is 2.36. The quantitative estimate of drug-likeness (QED) is 0.682. The van der Waals surface area contributed by atoms with Crippen molar-refractivity contribution < 1.29 is 4.79 Å². The molecule has 1 aromatic carbocycles. The Morgan fingerprint density at radius 2 is 2.24 bits per heavy atom. The number of primary amides is 1. The van der Waals surface area contributed by atoms with Gasteiger partial charge in [-0.05, 0) is 12.1 Å². The van der Waals surface area contributed by atoms with E-state index in [0.29, 0.717) is 16.9 Å². The van der Waals surface area contributed by atoms with Crippen LogP contribution in [-0.2, 0) is 7.05 Å². The number of carbonyl (C=O) groups excluding carboxylic acids is 1. The van der Waals surface area contributed by atoms with Crippen molar-refractivity contribution in [3.63, 3.8) is 0 Å². The van der Waals surface area contributed by atoms with Crippen molar-refractivity contribution in [2.45, 2.75) is 0 Å². The maximum Gasteiger partial charge on any atom is 0.250 e. The lowest BCUT2D eigenvalue weighted by atomic mass is 10.1. The lowest BCUT2D eigenvalue weighted by Crippen LogP contribution is -2.14. The first-order chi connectivity index (χ1) is 8.08. The Balaban J connectivity index is 2.33. The molecule has 2 rings (SSSR count). The summed E-state index contributed by atoms with van der Waals surface area (Å²) in [6.07, 6.45) is 3.47. The molecule has 0 aliphatic heterocycles. The van der Waals surface area contributed by atoms with Gasteiger partial charge in [0.25, 0.3) is 5.91 Å². The van der Waals surface area contributed by atoms with Crippen LogP contribution in [0, 0.1) is 0 Å². The van der Waals surface area contributed by atoms with Gasteiger partial charge in [0.15, 0.2) is 0 Å². The Morgan fingerprint density at radius 1 is 1.47 bits per heavy atom. The largest absolute Gasteiger partial charge is 0.396 e. The molecule has 0 unspecified atom stereocenters. The Bertz CT molecular complexity index is 561. The number of rotatable bonds is 3. The van der Waals surface area contributed by atoms with E-state index in [-0.39, 0.29) is 0 Å². The second-order valence-corrected chi connectivity index (χ2v) is 3.66. The van der Waals surface area contributed by atoms with Crippen molar-refractivity contribution in [2.75, 3.05) is 11.1 Å². The Kier molecular flexibility index (Phi) is 2.70. The first-order valence-electron chi connectivity index (χ1n) is 5.02. The minimum absolute atomic E-state index is 0.305. The average Bonchev–Trinajstić information content (AvgIpc) is 2.67. The summed E-state index contributed by atoms with van der Waals surface area (Å²) >= 11 is 0. The molecule has 6 heteroatoms. The summed E-state index contributed by atoms with van der Waals surface area (Å²) < 4.78 is 1.66. The molecule has 0 aliphatic rings. The van der Waals surface area contributed by atoms with Crippen LogP contribution in [0.15, 0.2) is 30.6 Å². The van der Waals surface area contributed by atoms with E-state index in [2.05, 4.69) is 10.4 Å². The fourth-order valence-corrected chi connectivity index (χ4v) is 1.53. The number of nitrogens with one attached hydrogen (secondary N) is 1. The Hall–Kier alpha value is -2.50. The van der Waals surface area contributed by atoms with E-state index in [1.807, 2.05) is 7.05 Å². The molecule has 0 atom stereocenters. The van der Waals surface area contributed by atoms with Crippen LogP contribution in [0.25, 0.3) is 0 Å². The molecule has 1 heterocycles. The van der Waals surface area contributed by atoms with Gasteiger partial charge in [-0.2, -0.15) is 5.10 Å². The van der Waals surface area contributed by atoms with Gasteiger partial charge in [-0.1, -0.05) is 6.07 Å². The van der Waals surface area contributed by atoms with E-state index in [1.54, 1.807) is 35.3 Å².